The van der Waals surface area contributed by atoms with Gasteiger partial charge in [-0.1, -0.05) is 6.07 Å². The lowest BCUT2D eigenvalue weighted by atomic mass is 10.0. The molecule has 2 saturated heterocycles. The van der Waals surface area contributed by atoms with Crippen molar-refractivity contribution in [3.63, 3.8) is 0 Å². The van der Waals surface area contributed by atoms with Gasteiger partial charge in [0.05, 0.1) is 49.4 Å². The number of cyclic esters (lactones) is 1. The molecule has 1 aromatic carbocycles. The van der Waals surface area contributed by atoms with Crippen molar-refractivity contribution in [2.45, 2.75) is 18.6 Å². The molecule has 1 saturated carbocycles. The van der Waals surface area contributed by atoms with Gasteiger partial charge in [0.15, 0.2) is 0 Å². The highest BCUT2D eigenvalue weighted by Gasteiger charge is 2.77. The van der Waals surface area contributed by atoms with E-state index < -0.39 is 29.4 Å². The van der Waals surface area contributed by atoms with Gasteiger partial charge in [0.1, 0.15) is 23.4 Å². The Morgan fingerprint density at radius 3 is 2.58 bits per heavy atom. The molecule has 1 aliphatic carbocycles. The number of halogens is 2. The number of carbonyl (C=O) groups excluding carboxylic acids is 2. The van der Waals surface area contributed by atoms with E-state index >= 15 is 0 Å². The molecule has 5 rings (SSSR count). The van der Waals surface area contributed by atoms with Gasteiger partial charge < -0.3 is 19.6 Å². The molecule has 33 heavy (non-hydrogen) atoms. The van der Waals surface area contributed by atoms with E-state index in [4.69, 9.17) is 16.0 Å². The quantitative estimate of drug-likeness (QED) is 0.703. The van der Waals surface area contributed by atoms with Crippen molar-refractivity contribution in [2.24, 2.45) is 11.8 Å². The fourth-order valence-electron chi connectivity index (χ4n) is 4.80. The molecular formula is C23H20F2N4O4. The van der Waals surface area contributed by atoms with Crippen LogP contribution in [0.3, 0.4) is 0 Å². The number of amides is 2. The Labute approximate surface area is 188 Å². The van der Waals surface area contributed by atoms with E-state index in [0.29, 0.717) is 18.9 Å². The maximum atomic E-state index is 15.0. The van der Waals surface area contributed by atoms with Gasteiger partial charge in [0.2, 0.25) is 5.91 Å². The Hall–Kier alpha value is -3.58. The molecule has 0 radical (unpaired) electrons. The van der Waals surface area contributed by atoms with Crippen LogP contribution in [0.25, 0.3) is 16.0 Å². The third-order valence-electron chi connectivity index (χ3n) is 6.54. The number of nitrogens with one attached hydrogen (secondary N) is 1. The van der Waals surface area contributed by atoms with Crippen LogP contribution in [0.2, 0.25) is 0 Å². The minimum atomic E-state index is -0.853. The number of pyridine rings is 1. The summed E-state index contributed by atoms with van der Waals surface area (Å²) in [6, 6.07) is 5.33. The largest absolute Gasteiger partial charge is 0.442 e. The van der Waals surface area contributed by atoms with E-state index in [2.05, 4.69) is 15.1 Å². The van der Waals surface area contributed by atoms with Crippen LogP contribution >= 0.6 is 0 Å². The maximum absolute atomic E-state index is 15.0. The van der Waals surface area contributed by atoms with Crippen LogP contribution in [-0.2, 0) is 19.8 Å². The van der Waals surface area contributed by atoms with E-state index in [-0.39, 0.29) is 47.6 Å². The smallest absolute Gasteiger partial charge is 0.414 e. The molecule has 3 fully saturated rings. The second-order valence-electron chi connectivity index (χ2n) is 8.46. The van der Waals surface area contributed by atoms with E-state index in [1.807, 2.05) is 0 Å². The van der Waals surface area contributed by atoms with Gasteiger partial charge in [-0.3, -0.25) is 14.7 Å². The Morgan fingerprint density at radius 2 is 2.00 bits per heavy atom. The molecule has 1 N–H and O–H groups in total. The topological polar surface area (TPSA) is 85.1 Å². The summed E-state index contributed by atoms with van der Waals surface area (Å²) in [5, 5.41) is 2.55. The van der Waals surface area contributed by atoms with Crippen LogP contribution in [-0.4, -0.2) is 49.4 Å². The van der Waals surface area contributed by atoms with Crippen LogP contribution in [0.15, 0.2) is 30.5 Å². The standard InChI is InChI=1S/C23H20F2N4O4/c1-12(30)27-8-15-9-29(22(31)33-15)14-5-18(24)21(19(25)6-14)13-3-4-20(28-7-13)23(26-2)16-10-32-11-17(16)23/h3-7,15-17H,8-11H2,1H3,(H,27,30)/t15-,16-,17+,23?/m0/s1. The summed E-state index contributed by atoms with van der Waals surface area (Å²) in [4.78, 5) is 32.5. The van der Waals surface area contributed by atoms with Crippen LogP contribution in [0.5, 0.6) is 0 Å². The SMILES string of the molecule is [C-]#[N+]C1(c2ccc(-c3c(F)cc(N4C[C@H](CNC(C)=O)OC4=O)cc3F)cn2)[C@@H]2COC[C@@H]21. The molecule has 0 bridgehead atoms. The molecule has 0 spiro atoms. The summed E-state index contributed by atoms with van der Waals surface area (Å²) in [7, 11) is 0. The number of rotatable bonds is 5. The Bertz CT molecular complexity index is 1150. The number of hydrogen-bond acceptors (Lipinski definition) is 5. The first-order valence-electron chi connectivity index (χ1n) is 10.5. The Morgan fingerprint density at radius 1 is 1.30 bits per heavy atom. The average molecular weight is 454 g/mol. The molecule has 2 aliphatic heterocycles. The minimum absolute atomic E-state index is 0.0198. The summed E-state index contributed by atoms with van der Waals surface area (Å²) >= 11 is 0. The van der Waals surface area contributed by atoms with Crippen molar-refractivity contribution in [2.75, 3.05) is 31.2 Å². The molecule has 3 heterocycles. The lowest BCUT2D eigenvalue weighted by molar-refractivity contribution is -0.119. The monoisotopic (exact) mass is 454 g/mol. The van der Waals surface area contributed by atoms with Gasteiger partial charge in [-0.05, 0) is 18.2 Å². The maximum Gasteiger partial charge on any atom is 0.414 e. The molecule has 8 nitrogen and oxygen atoms in total. The molecule has 1 aromatic heterocycles. The number of carbonyl (C=O) groups is 2. The Kier molecular flexibility index (Phi) is 5.01. The number of benzene rings is 1. The van der Waals surface area contributed by atoms with E-state index in [1.165, 1.54) is 13.1 Å². The molecule has 170 valence electrons. The second kappa shape index (κ2) is 7.78. The van der Waals surface area contributed by atoms with E-state index in [1.54, 1.807) is 12.1 Å². The number of ether oxygens (including phenoxy) is 2. The highest BCUT2D eigenvalue weighted by Crippen LogP contribution is 2.63. The van der Waals surface area contributed by atoms with Gasteiger partial charge in [-0.25, -0.2) is 20.1 Å². The van der Waals surface area contributed by atoms with Crippen molar-refractivity contribution in [3.05, 3.63) is 59.2 Å². The summed E-state index contributed by atoms with van der Waals surface area (Å²) in [5.74, 6) is -1.76. The van der Waals surface area contributed by atoms with Crippen molar-refractivity contribution < 1.29 is 27.8 Å². The van der Waals surface area contributed by atoms with Gasteiger partial charge in [0, 0.05) is 18.7 Å². The zero-order chi connectivity index (χ0) is 23.3. The van der Waals surface area contributed by atoms with Crippen LogP contribution in [0.4, 0.5) is 19.3 Å². The van der Waals surface area contributed by atoms with Gasteiger partial charge in [-0.2, -0.15) is 0 Å². The van der Waals surface area contributed by atoms with Crippen molar-refractivity contribution in [3.8, 4) is 11.1 Å². The van der Waals surface area contributed by atoms with Gasteiger partial charge in [0.25, 0.3) is 5.54 Å². The molecule has 10 heteroatoms. The highest BCUT2D eigenvalue weighted by molar-refractivity contribution is 5.90. The molecule has 2 amide bonds. The lowest BCUT2D eigenvalue weighted by Gasteiger charge is -2.15. The number of fused-ring (bicyclic) bond motifs is 1. The predicted molar refractivity (Wildman–Crippen MR) is 112 cm³/mol. The summed E-state index contributed by atoms with van der Waals surface area (Å²) < 4.78 is 40.4. The number of hydrogen-bond donors (Lipinski definition) is 1. The van der Waals surface area contributed by atoms with E-state index in [0.717, 1.165) is 17.0 Å². The van der Waals surface area contributed by atoms with Crippen LogP contribution in [0, 0.1) is 30.0 Å². The van der Waals surface area contributed by atoms with Crippen molar-refractivity contribution in [1.29, 1.82) is 0 Å². The third kappa shape index (κ3) is 3.40. The summed E-state index contributed by atoms with van der Waals surface area (Å²) in [6.45, 7) is 10.2. The van der Waals surface area contributed by atoms with Gasteiger partial charge >= 0.3 is 6.09 Å². The fourth-order valence-corrected chi connectivity index (χ4v) is 4.80. The molecule has 1 unspecified atom stereocenters. The number of nitrogens with zero attached hydrogens (tertiary/aromatic N) is 3. The molecular weight excluding hydrogens is 434 g/mol. The normalized spacial score (nSPS) is 27.6. The zero-order valence-corrected chi connectivity index (χ0v) is 17.7. The molecule has 2 aromatic rings. The second-order valence-corrected chi connectivity index (χ2v) is 8.46. The summed E-state index contributed by atoms with van der Waals surface area (Å²) in [5.41, 5.74) is -0.137. The third-order valence-corrected chi connectivity index (χ3v) is 6.54. The fraction of sp³-hybridized carbons (Fsp3) is 0.391. The summed E-state index contributed by atoms with van der Waals surface area (Å²) in [6.07, 6.45) is 0.00342. The lowest BCUT2D eigenvalue weighted by Crippen LogP contribution is -2.33. The van der Waals surface area contributed by atoms with Crippen LogP contribution in [0.1, 0.15) is 12.6 Å². The predicted octanol–water partition coefficient (Wildman–Crippen LogP) is 2.88. The zero-order valence-electron chi connectivity index (χ0n) is 17.7. The first kappa shape index (κ1) is 21.3. The molecule has 3 aliphatic rings. The average Bonchev–Trinajstić information content (AvgIpc) is 3.09. The first-order valence-corrected chi connectivity index (χ1v) is 10.5. The van der Waals surface area contributed by atoms with Crippen molar-refractivity contribution in [1.82, 2.24) is 10.3 Å². The minimum Gasteiger partial charge on any atom is -0.442 e. The first-order chi connectivity index (χ1) is 15.8. The van der Waals surface area contributed by atoms with Crippen LogP contribution < -0.4 is 10.2 Å². The van der Waals surface area contributed by atoms with Crippen molar-refractivity contribution >= 4 is 17.7 Å². The number of anilines is 1. The number of aromatic nitrogens is 1. The van der Waals surface area contributed by atoms with E-state index in [9.17, 15) is 18.4 Å². The van der Waals surface area contributed by atoms with Gasteiger partial charge in [-0.15, -0.1) is 0 Å². The molecule has 4 atom stereocenters. The highest BCUT2D eigenvalue weighted by atomic mass is 19.1. The Balaban J connectivity index is 1.37.